The summed E-state index contributed by atoms with van der Waals surface area (Å²) in [6, 6.07) is 2.24. The topological polar surface area (TPSA) is 50.1 Å². The molecule has 0 N–H and O–H groups in total. The number of carbonyl (C=O) groups is 1. The van der Waals surface area contributed by atoms with Crippen molar-refractivity contribution in [2.24, 2.45) is 29.1 Å². The van der Waals surface area contributed by atoms with Gasteiger partial charge in [-0.25, -0.2) is 0 Å². The average molecular weight is 233 g/mol. The van der Waals surface area contributed by atoms with E-state index >= 15 is 0 Å². The summed E-state index contributed by atoms with van der Waals surface area (Å²) in [5, 5.41) is 9.34. The lowest BCUT2D eigenvalue weighted by Gasteiger charge is -2.57. The molecule has 4 fully saturated rings. The van der Waals surface area contributed by atoms with Gasteiger partial charge in [0.25, 0.3) is 0 Å². The molecule has 3 heteroatoms. The Morgan fingerprint density at radius 1 is 1.24 bits per heavy atom. The lowest BCUT2D eigenvalue weighted by molar-refractivity contribution is -0.156. The number of hydrogen-bond donors (Lipinski definition) is 0. The molecule has 0 aromatic rings. The number of nitrogens with zero attached hydrogens (tertiary/aromatic N) is 1. The maximum atomic E-state index is 11.8. The van der Waals surface area contributed by atoms with Crippen LogP contribution in [0.2, 0.25) is 0 Å². The number of carbonyl (C=O) groups excluding carboxylic acids is 1. The zero-order chi connectivity index (χ0) is 12.0. The smallest absolute Gasteiger partial charge is 0.323 e. The van der Waals surface area contributed by atoms with E-state index in [1.54, 1.807) is 0 Å². The lowest BCUT2D eigenvalue weighted by atomic mass is 9.46. The van der Waals surface area contributed by atoms with E-state index in [4.69, 9.17) is 4.74 Å². The Labute approximate surface area is 102 Å². The van der Waals surface area contributed by atoms with E-state index in [-0.39, 0.29) is 11.4 Å². The first-order valence-electron chi connectivity index (χ1n) is 6.64. The fourth-order valence-corrected chi connectivity index (χ4v) is 5.09. The van der Waals surface area contributed by atoms with Crippen molar-refractivity contribution in [2.75, 3.05) is 7.11 Å². The number of hydrogen-bond acceptors (Lipinski definition) is 3. The van der Waals surface area contributed by atoms with Gasteiger partial charge < -0.3 is 4.74 Å². The van der Waals surface area contributed by atoms with Crippen molar-refractivity contribution in [3.63, 3.8) is 0 Å². The van der Waals surface area contributed by atoms with E-state index < -0.39 is 5.92 Å². The molecule has 4 saturated carbocycles. The lowest BCUT2D eigenvalue weighted by Crippen LogP contribution is -2.51. The van der Waals surface area contributed by atoms with Crippen LogP contribution in [0.3, 0.4) is 0 Å². The summed E-state index contributed by atoms with van der Waals surface area (Å²) in [6.45, 7) is 0. The number of methoxy groups -OCH3 is 1. The molecule has 4 bridgehead atoms. The third-order valence-electron chi connectivity index (χ3n) is 5.26. The highest BCUT2D eigenvalue weighted by atomic mass is 16.5. The van der Waals surface area contributed by atoms with Crippen molar-refractivity contribution in [3.8, 4) is 6.07 Å². The minimum absolute atomic E-state index is 0.0450. The number of nitriles is 1. The predicted molar refractivity (Wildman–Crippen MR) is 61.7 cm³/mol. The molecule has 0 heterocycles. The highest BCUT2D eigenvalue weighted by Gasteiger charge is 2.56. The summed E-state index contributed by atoms with van der Waals surface area (Å²) in [6.07, 6.45) is 7.22. The molecule has 0 amide bonds. The van der Waals surface area contributed by atoms with Crippen LogP contribution in [0.25, 0.3) is 0 Å². The van der Waals surface area contributed by atoms with Gasteiger partial charge in [-0.1, -0.05) is 0 Å². The van der Waals surface area contributed by atoms with Crippen LogP contribution in [0.1, 0.15) is 38.5 Å². The predicted octanol–water partition coefficient (Wildman–Crippen LogP) is 2.52. The van der Waals surface area contributed by atoms with Crippen LogP contribution in [0.15, 0.2) is 0 Å². The Morgan fingerprint density at radius 2 is 1.71 bits per heavy atom. The van der Waals surface area contributed by atoms with Crippen molar-refractivity contribution in [1.29, 1.82) is 5.26 Å². The van der Waals surface area contributed by atoms with Crippen molar-refractivity contribution < 1.29 is 9.53 Å². The van der Waals surface area contributed by atoms with Gasteiger partial charge >= 0.3 is 5.97 Å². The molecular formula is C14H19NO2. The minimum atomic E-state index is -0.527. The second-order valence-electron chi connectivity index (χ2n) is 6.37. The van der Waals surface area contributed by atoms with Crippen molar-refractivity contribution in [3.05, 3.63) is 0 Å². The van der Waals surface area contributed by atoms with Gasteiger partial charge in [-0.15, -0.1) is 0 Å². The monoisotopic (exact) mass is 233 g/mol. The van der Waals surface area contributed by atoms with Crippen LogP contribution in [0.5, 0.6) is 0 Å². The van der Waals surface area contributed by atoms with Crippen molar-refractivity contribution in [1.82, 2.24) is 0 Å². The van der Waals surface area contributed by atoms with E-state index in [9.17, 15) is 10.1 Å². The van der Waals surface area contributed by atoms with E-state index in [0.717, 1.165) is 37.0 Å². The highest BCUT2D eigenvalue weighted by molar-refractivity contribution is 5.76. The zero-order valence-corrected chi connectivity index (χ0v) is 10.3. The maximum absolute atomic E-state index is 11.8. The molecule has 0 radical (unpaired) electrons. The Hall–Kier alpha value is -1.04. The highest BCUT2D eigenvalue weighted by Crippen LogP contribution is 2.62. The number of ether oxygens (including phenoxy) is 1. The summed E-state index contributed by atoms with van der Waals surface area (Å²) in [7, 11) is 1.40. The van der Waals surface area contributed by atoms with Crippen LogP contribution in [-0.2, 0) is 9.53 Å². The van der Waals surface area contributed by atoms with Crippen LogP contribution >= 0.6 is 0 Å². The standard InChI is InChI=1S/C14H19NO2/c1-17-13(16)12(8-15)14-5-9-2-10(6-14)4-11(3-9)7-14/h9-12H,2-7H2,1H3. The molecule has 3 nitrogen and oxygen atoms in total. The molecule has 0 saturated heterocycles. The Morgan fingerprint density at radius 3 is 2.06 bits per heavy atom. The molecule has 1 atom stereocenters. The van der Waals surface area contributed by atoms with Gasteiger partial charge in [0.15, 0.2) is 0 Å². The van der Waals surface area contributed by atoms with Gasteiger partial charge in [-0.3, -0.25) is 4.79 Å². The van der Waals surface area contributed by atoms with Gasteiger partial charge in [0, 0.05) is 0 Å². The largest absolute Gasteiger partial charge is 0.468 e. The summed E-state index contributed by atoms with van der Waals surface area (Å²) >= 11 is 0. The first-order chi connectivity index (χ1) is 8.16. The molecule has 4 aliphatic rings. The van der Waals surface area contributed by atoms with Crippen LogP contribution < -0.4 is 0 Å². The third kappa shape index (κ3) is 1.57. The second-order valence-corrected chi connectivity index (χ2v) is 6.37. The zero-order valence-electron chi connectivity index (χ0n) is 10.3. The summed E-state index contributed by atoms with van der Waals surface area (Å²) in [5.74, 6) is 1.46. The van der Waals surface area contributed by atoms with Crippen LogP contribution in [0, 0.1) is 40.4 Å². The minimum Gasteiger partial charge on any atom is -0.468 e. The third-order valence-corrected chi connectivity index (χ3v) is 5.26. The molecule has 0 spiro atoms. The van der Waals surface area contributed by atoms with Gasteiger partial charge in [0.1, 0.15) is 5.92 Å². The van der Waals surface area contributed by atoms with E-state index in [0.29, 0.717) is 0 Å². The molecule has 92 valence electrons. The maximum Gasteiger partial charge on any atom is 0.323 e. The van der Waals surface area contributed by atoms with Gasteiger partial charge in [-0.2, -0.15) is 5.26 Å². The van der Waals surface area contributed by atoms with Crippen LogP contribution in [0.4, 0.5) is 0 Å². The summed E-state index contributed by atoms with van der Waals surface area (Å²) < 4.78 is 4.83. The van der Waals surface area contributed by atoms with E-state index in [2.05, 4.69) is 6.07 Å². The quantitative estimate of drug-likeness (QED) is 0.688. The summed E-state index contributed by atoms with van der Waals surface area (Å²) in [5.41, 5.74) is -0.0450. The Balaban J connectivity index is 1.91. The molecule has 17 heavy (non-hydrogen) atoms. The fourth-order valence-electron chi connectivity index (χ4n) is 5.09. The number of rotatable bonds is 2. The van der Waals surface area contributed by atoms with Gasteiger partial charge in [-0.05, 0) is 61.7 Å². The van der Waals surface area contributed by atoms with E-state index in [1.807, 2.05) is 0 Å². The van der Waals surface area contributed by atoms with Gasteiger partial charge in [0.05, 0.1) is 13.2 Å². The Kier molecular flexibility index (Phi) is 2.43. The molecule has 0 aromatic carbocycles. The van der Waals surface area contributed by atoms with Crippen molar-refractivity contribution >= 4 is 5.97 Å². The SMILES string of the molecule is COC(=O)C(C#N)C12CC3CC(CC(C3)C1)C2. The average Bonchev–Trinajstić information content (AvgIpc) is 2.27. The molecular weight excluding hydrogens is 214 g/mol. The second kappa shape index (κ2) is 3.73. The first-order valence-corrected chi connectivity index (χ1v) is 6.64. The Bertz CT molecular complexity index is 347. The normalized spacial score (nSPS) is 44.1. The number of esters is 1. The van der Waals surface area contributed by atoms with E-state index in [1.165, 1.54) is 26.4 Å². The fraction of sp³-hybridized carbons (Fsp3) is 0.857. The van der Waals surface area contributed by atoms with Crippen LogP contribution in [-0.4, -0.2) is 13.1 Å². The molecule has 0 aliphatic heterocycles. The van der Waals surface area contributed by atoms with Gasteiger partial charge in [0.2, 0.25) is 0 Å². The van der Waals surface area contributed by atoms with Crippen molar-refractivity contribution in [2.45, 2.75) is 38.5 Å². The summed E-state index contributed by atoms with van der Waals surface area (Å²) in [4.78, 5) is 11.8. The molecule has 0 aromatic heterocycles. The molecule has 4 aliphatic carbocycles. The molecule has 4 rings (SSSR count). The first kappa shape index (κ1) is 11.1. The molecule has 1 unspecified atom stereocenters.